The highest BCUT2D eigenvalue weighted by molar-refractivity contribution is 5.96. The molecule has 3 nitrogen and oxygen atoms in total. The van der Waals surface area contributed by atoms with Gasteiger partial charge in [0.2, 0.25) is 0 Å². The molecule has 1 heterocycles. The van der Waals surface area contributed by atoms with Crippen LogP contribution in [0.1, 0.15) is 16.8 Å². The highest BCUT2D eigenvalue weighted by Crippen LogP contribution is 2.12. The Hall–Kier alpha value is -1.33. The van der Waals surface area contributed by atoms with E-state index in [2.05, 4.69) is 10.2 Å². The number of benzene rings is 1. The van der Waals surface area contributed by atoms with Crippen molar-refractivity contribution in [3.05, 3.63) is 35.4 Å². The molecule has 18 heavy (non-hydrogen) atoms. The molecule has 1 aliphatic heterocycles. The molecular formula is C13H16F2N2O. The molecule has 0 atom stereocenters. The van der Waals surface area contributed by atoms with E-state index in [-0.39, 0.29) is 17.8 Å². The fourth-order valence-corrected chi connectivity index (χ4v) is 2.04. The Morgan fingerprint density at radius 1 is 1.28 bits per heavy atom. The highest BCUT2D eigenvalue weighted by Gasteiger charge is 2.15. The SMILES string of the molecule is O=C(CCN1CCNCC1)c1cc(F)ccc1F. The van der Waals surface area contributed by atoms with Gasteiger partial charge in [-0.15, -0.1) is 0 Å². The van der Waals surface area contributed by atoms with Crippen LogP contribution >= 0.6 is 0 Å². The quantitative estimate of drug-likeness (QED) is 0.825. The van der Waals surface area contributed by atoms with Gasteiger partial charge in [-0.1, -0.05) is 0 Å². The fraction of sp³-hybridized carbons (Fsp3) is 0.462. The van der Waals surface area contributed by atoms with E-state index in [1.165, 1.54) is 0 Å². The van der Waals surface area contributed by atoms with Crippen molar-refractivity contribution in [2.24, 2.45) is 0 Å². The van der Waals surface area contributed by atoms with Crippen molar-refractivity contribution in [3.8, 4) is 0 Å². The summed E-state index contributed by atoms with van der Waals surface area (Å²) in [5.41, 5.74) is -0.148. The van der Waals surface area contributed by atoms with E-state index in [0.29, 0.717) is 6.54 Å². The Balaban J connectivity index is 1.92. The third kappa shape index (κ3) is 3.34. The molecule has 1 aromatic rings. The van der Waals surface area contributed by atoms with Crippen molar-refractivity contribution in [1.82, 2.24) is 10.2 Å². The molecule has 0 unspecified atom stereocenters. The molecule has 1 aliphatic rings. The van der Waals surface area contributed by atoms with Gasteiger partial charge in [0.15, 0.2) is 5.78 Å². The second-order valence-electron chi connectivity index (χ2n) is 4.39. The number of halogens is 2. The normalized spacial score (nSPS) is 16.8. The molecule has 1 aromatic carbocycles. The third-order valence-corrected chi connectivity index (χ3v) is 3.09. The maximum atomic E-state index is 13.4. The molecule has 98 valence electrons. The van der Waals surface area contributed by atoms with Crippen molar-refractivity contribution in [3.63, 3.8) is 0 Å². The zero-order valence-electron chi connectivity index (χ0n) is 10.1. The number of ketones is 1. The Bertz CT molecular complexity index is 431. The predicted molar refractivity (Wildman–Crippen MR) is 64.6 cm³/mol. The number of piperazine rings is 1. The van der Waals surface area contributed by atoms with Crippen molar-refractivity contribution in [1.29, 1.82) is 0 Å². The first-order chi connectivity index (χ1) is 8.66. The molecule has 2 rings (SSSR count). The number of hydrogen-bond donors (Lipinski definition) is 1. The Morgan fingerprint density at radius 3 is 2.72 bits per heavy atom. The monoisotopic (exact) mass is 254 g/mol. The molecule has 5 heteroatoms. The van der Waals surface area contributed by atoms with E-state index in [4.69, 9.17) is 0 Å². The van der Waals surface area contributed by atoms with Gasteiger partial charge in [-0.2, -0.15) is 0 Å². The molecule has 0 bridgehead atoms. The summed E-state index contributed by atoms with van der Waals surface area (Å²) in [5.74, 6) is -1.57. The lowest BCUT2D eigenvalue weighted by molar-refractivity contribution is 0.0956. The minimum absolute atomic E-state index is 0.148. The first-order valence-corrected chi connectivity index (χ1v) is 6.08. The first-order valence-electron chi connectivity index (χ1n) is 6.08. The summed E-state index contributed by atoms with van der Waals surface area (Å²) < 4.78 is 26.3. The second-order valence-corrected chi connectivity index (χ2v) is 4.39. The summed E-state index contributed by atoms with van der Waals surface area (Å²) in [6.45, 7) is 4.18. The Labute approximate surface area is 105 Å². The molecule has 0 radical (unpaired) electrons. The number of Topliss-reactive ketones (excluding diaryl/α,β-unsaturated/α-hetero) is 1. The Morgan fingerprint density at radius 2 is 2.00 bits per heavy atom. The van der Waals surface area contributed by atoms with Crippen LogP contribution in [0.2, 0.25) is 0 Å². The van der Waals surface area contributed by atoms with Crippen LogP contribution in [-0.2, 0) is 0 Å². The summed E-state index contributed by atoms with van der Waals surface area (Å²) in [6, 6.07) is 2.98. The lowest BCUT2D eigenvalue weighted by Crippen LogP contribution is -2.44. The maximum Gasteiger partial charge on any atom is 0.167 e. The number of nitrogens with one attached hydrogen (secondary N) is 1. The van der Waals surface area contributed by atoms with Gasteiger partial charge in [0.05, 0.1) is 5.56 Å². The number of carbonyl (C=O) groups is 1. The van der Waals surface area contributed by atoms with Crippen LogP contribution in [0.15, 0.2) is 18.2 Å². The largest absolute Gasteiger partial charge is 0.314 e. The van der Waals surface area contributed by atoms with Crippen LogP contribution in [0.3, 0.4) is 0 Å². The highest BCUT2D eigenvalue weighted by atomic mass is 19.1. The van der Waals surface area contributed by atoms with Gasteiger partial charge in [0, 0.05) is 39.1 Å². The fourth-order valence-electron chi connectivity index (χ4n) is 2.04. The van der Waals surface area contributed by atoms with Crippen molar-refractivity contribution in [2.45, 2.75) is 6.42 Å². The molecule has 0 aliphatic carbocycles. The molecule has 0 spiro atoms. The standard InChI is InChI=1S/C13H16F2N2O/c14-10-1-2-12(15)11(9-10)13(18)3-6-17-7-4-16-5-8-17/h1-2,9,16H,3-8H2. The zero-order valence-corrected chi connectivity index (χ0v) is 10.1. The van der Waals surface area contributed by atoms with E-state index in [0.717, 1.165) is 44.4 Å². The summed E-state index contributed by atoms with van der Waals surface area (Å²) in [5, 5.41) is 3.21. The molecular weight excluding hydrogens is 238 g/mol. The average Bonchev–Trinajstić information content (AvgIpc) is 2.40. The van der Waals surface area contributed by atoms with E-state index in [1.54, 1.807) is 0 Å². The van der Waals surface area contributed by atoms with Crippen molar-refractivity contribution < 1.29 is 13.6 Å². The van der Waals surface area contributed by atoms with E-state index in [9.17, 15) is 13.6 Å². The lowest BCUT2D eigenvalue weighted by Gasteiger charge is -2.26. The Kier molecular flexibility index (Phi) is 4.38. The summed E-state index contributed by atoms with van der Waals surface area (Å²) in [6.07, 6.45) is 0.223. The minimum atomic E-state index is -0.651. The van der Waals surface area contributed by atoms with Gasteiger partial charge >= 0.3 is 0 Å². The van der Waals surface area contributed by atoms with E-state index in [1.807, 2.05) is 0 Å². The third-order valence-electron chi connectivity index (χ3n) is 3.09. The van der Waals surface area contributed by atoms with Crippen LogP contribution in [0.25, 0.3) is 0 Å². The van der Waals surface area contributed by atoms with Gasteiger partial charge in [-0.25, -0.2) is 8.78 Å². The maximum absolute atomic E-state index is 13.4. The van der Waals surface area contributed by atoms with Crippen LogP contribution < -0.4 is 5.32 Å². The number of carbonyl (C=O) groups excluding carboxylic acids is 1. The summed E-state index contributed by atoms with van der Waals surface area (Å²) >= 11 is 0. The van der Waals surface area contributed by atoms with Crippen LogP contribution in [0.4, 0.5) is 8.78 Å². The molecule has 1 saturated heterocycles. The second kappa shape index (κ2) is 6.02. The van der Waals surface area contributed by atoms with Gasteiger partial charge < -0.3 is 10.2 Å². The van der Waals surface area contributed by atoms with Gasteiger partial charge in [-0.3, -0.25) is 4.79 Å². The molecule has 0 amide bonds. The summed E-state index contributed by atoms with van der Waals surface area (Å²) in [7, 11) is 0. The topological polar surface area (TPSA) is 32.3 Å². The molecule has 0 saturated carbocycles. The first kappa shape index (κ1) is 13.1. The predicted octanol–water partition coefficient (Wildman–Crippen LogP) is 1.44. The molecule has 0 aromatic heterocycles. The number of hydrogen-bond acceptors (Lipinski definition) is 3. The molecule has 1 fully saturated rings. The summed E-state index contributed by atoms with van der Waals surface area (Å²) in [4.78, 5) is 14.0. The zero-order chi connectivity index (χ0) is 13.0. The number of nitrogens with zero attached hydrogens (tertiary/aromatic N) is 1. The van der Waals surface area contributed by atoms with Gasteiger partial charge in [-0.05, 0) is 18.2 Å². The number of rotatable bonds is 4. The lowest BCUT2D eigenvalue weighted by atomic mass is 10.1. The van der Waals surface area contributed by atoms with E-state index >= 15 is 0 Å². The average molecular weight is 254 g/mol. The smallest absolute Gasteiger partial charge is 0.167 e. The van der Waals surface area contributed by atoms with Crippen LogP contribution in [-0.4, -0.2) is 43.4 Å². The van der Waals surface area contributed by atoms with Crippen LogP contribution in [0.5, 0.6) is 0 Å². The van der Waals surface area contributed by atoms with Gasteiger partial charge in [0.1, 0.15) is 11.6 Å². The minimum Gasteiger partial charge on any atom is -0.314 e. The van der Waals surface area contributed by atoms with Crippen molar-refractivity contribution >= 4 is 5.78 Å². The molecule has 1 N–H and O–H groups in total. The van der Waals surface area contributed by atoms with Crippen LogP contribution in [0, 0.1) is 11.6 Å². The van der Waals surface area contributed by atoms with E-state index < -0.39 is 11.6 Å². The van der Waals surface area contributed by atoms with Gasteiger partial charge in [0.25, 0.3) is 0 Å². The van der Waals surface area contributed by atoms with Crippen molar-refractivity contribution in [2.75, 3.05) is 32.7 Å².